The highest BCUT2D eigenvalue weighted by Crippen LogP contribution is 2.21. The van der Waals surface area contributed by atoms with Crippen LogP contribution in [-0.2, 0) is 0 Å². The van der Waals surface area contributed by atoms with Crippen LogP contribution in [0.1, 0.15) is 10.4 Å². The number of rotatable bonds is 6. The second kappa shape index (κ2) is 5.84. The Kier molecular flexibility index (Phi) is 4.72. The molecule has 1 aromatic rings. The normalized spacial score (nSPS) is 11.4. The minimum absolute atomic E-state index is 0.438. The average Bonchev–Trinajstić information content (AvgIpc) is 2.37. The lowest BCUT2D eigenvalue weighted by atomic mass is 10.2. The van der Waals surface area contributed by atoms with Crippen molar-refractivity contribution >= 4 is 26.4 Å². The lowest BCUT2D eigenvalue weighted by molar-refractivity contribution is 0.108. The third-order valence-electron chi connectivity index (χ3n) is 2.63. The molecule has 0 heterocycles. The monoisotopic (exact) mass is 266 g/mol. The molecule has 0 aliphatic rings. The molecule has 0 saturated heterocycles. The second-order valence-corrected chi connectivity index (χ2v) is 5.77. The molecule has 0 aliphatic heterocycles. The van der Waals surface area contributed by atoms with Crippen LogP contribution in [0, 0.1) is 0 Å². The highest BCUT2D eigenvalue weighted by Gasteiger charge is 2.22. The molecule has 0 aromatic heterocycles. The smallest absolute Gasteiger partial charge is 0.252 e. The lowest BCUT2D eigenvalue weighted by Crippen LogP contribution is -2.36. The molecule has 0 N–H and O–H groups in total. The van der Waals surface area contributed by atoms with Gasteiger partial charge in [-0.15, -0.1) is 0 Å². The zero-order chi connectivity index (χ0) is 12.9. The first-order chi connectivity index (χ1) is 8.06. The molecule has 0 atom stereocenters. The van der Waals surface area contributed by atoms with Gasteiger partial charge in [0.25, 0.3) is 5.24 Å². The largest absolute Gasteiger partial charge is 0.484 e. The maximum Gasteiger partial charge on any atom is 0.252 e. The molecule has 0 aliphatic carbocycles. The van der Waals surface area contributed by atoms with Crippen LogP contribution in [0.5, 0.6) is 5.75 Å². The van der Waals surface area contributed by atoms with Crippen molar-refractivity contribution in [1.29, 1.82) is 0 Å². The van der Waals surface area contributed by atoms with Crippen LogP contribution in [0.15, 0.2) is 49.6 Å². The summed E-state index contributed by atoms with van der Waals surface area (Å²) in [5.41, 5.74) is 0.454. The molecule has 2 nitrogen and oxygen atoms in total. The number of hydrogen-bond acceptors (Lipinski definition) is 2. The second-order valence-electron chi connectivity index (χ2n) is 3.62. The van der Waals surface area contributed by atoms with Gasteiger partial charge in [0.05, 0.1) is 9.52 Å². The Morgan fingerprint density at radius 1 is 1.35 bits per heavy atom. The molecule has 1 aromatic carbocycles. The predicted molar refractivity (Wildman–Crippen MR) is 74.8 cm³/mol. The highest BCUT2D eigenvalue weighted by atomic mass is 35.5. The fourth-order valence-corrected chi connectivity index (χ4v) is 2.42. The van der Waals surface area contributed by atoms with Crippen molar-refractivity contribution < 1.29 is 9.53 Å². The summed E-state index contributed by atoms with van der Waals surface area (Å²) in [5.74, 6) is 0.681. The van der Waals surface area contributed by atoms with E-state index in [1.54, 1.807) is 36.4 Å². The minimum atomic E-state index is -0.499. The maximum atomic E-state index is 10.9. The molecular weight excluding hydrogens is 252 g/mol. The van der Waals surface area contributed by atoms with Gasteiger partial charge in [-0.1, -0.05) is 19.7 Å². The van der Waals surface area contributed by atoms with Gasteiger partial charge in [-0.2, -0.15) is 0 Å². The van der Waals surface area contributed by atoms with Gasteiger partial charge >= 0.3 is 0 Å². The van der Waals surface area contributed by atoms with Crippen LogP contribution in [0.25, 0.3) is 0 Å². The van der Waals surface area contributed by atoms with Crippen molar-refractivity contribution in [3.63, 3.8) is 0 Å². The highest BCUT2D eigenvalue weighted by molar-refractivity contribution is 6.67. The first kappa shape index (κ1) is 13.7. The van der Waals surface area contributed by atoms with Crippen LogP contribution >= 0.6 is 11.6 Å². The SMILES string of the molecule is C=CC(C=C)(Oc1ccc(C(=O)Cl)cc1)[SiH2]C. The molecule has 0 saturated carbocycles. The van der Waals surface area contributed by atoms with Crippen molar-refractivity contribution in [3.8, 4) is 5.75 Å². The molecule has 90 valence electrons. The fourth-order valence-electron chi connectivity index (χ4n) is 1.40. The Morgan fingerprint density at radius 2 is 1.88 bits per heavy atom. The van der Waals surface area contributed by atoms with E-state index in [4.69, 9.17) is 16.3 Å². The van der Waals surface area contributed by atoms with E-state index in [0.29, 0.717) is 11.3 Å². The van der Waals surface area contributed by atoms with Gasteiger partial charge in [-0.3, -0.25) is 4.79 Å². The molecule has 0 amide bonds. The van der Waals surface area contributed by atoms with Gasteiger partial charge in [0.2, 0.25) is 0 Å². The summed E-state index contributed by atoms with van der Waals surface area (Å²) in [6.45, 7) is 9.69. The molecule has 4 heteroatoms. The summed E-state index contributed by atoms with van der Waals surface area (Å²) >= 11 is 5.37. The minimum Gasteiger partial charge on any atom is -0.484 e. The number of ether oxygens (including phenoxy) is 1. The van der Waals surface area contributed by atoms with Crippen LogP contribution in [0.4, 0.5) is 0 Å². The van der Waals surface area contributed by atoms with Gasteiger partial charge in [0.15, 0.2) is 0 Å². The topological polar surface area (TPSA) is 26.3 Å². The van der Waals surface area contributed by atoms with E-state index in [1.165, 1.54) is 0 Å². The van der Waals surface area contributed by atoms with Crippen LogP contribution < -0.4 is 4.74 Å². The standard InChI is InChI=1S/C13H15ClO2Si/c1-4-13(5-2,17-3)16-11-8-6-10(7-9-11)12(14)15/h4-9H,1-2,17H2,3H3. The zero-order valence-electron chi connectivity index (χ0n) is 9.78. The Bertz CT molecular complexity index is 418. The Morgan fingerprint density at radius 3 is 2.24 bits per heavy atom. The molecule has 0 radical (unpaired) electrons. The number of benzene rings is 1. The lowest BCUT2D eigenvalue weighted by Gasteiger charge is -2.26. The number of carbonyl (C=O) groups is 1. The zero-order valence-corrected chi connectivity index (χ0v) is 12.0. The van der Waals surface area contributed by atoms with E-state index in [1.807, 2.05) is 0 Å². The van der Waals surface area contributed by atoms with Gasteiger partial charge in [0.1, 0.15) is 11.0 Å². The van der Waals surface area contributed by atoms with Gasteiger partial charge in [-0.25, -0.2) is 0 Å². The van der Waals surface area contributed by atoms with Crippen molar-refractivity contribution in [3.05, 3.63) is 55.1 Å². The van der Waals surface area contributed by atoms with Crippen molar-refractivity contribution in [2.75, 3.05) is 0 Å². The first-order valence-electron chi connectivity index (χ1n) is 5.33. The van der Waals surface area contributed by atoms with E-state index < -0.39 is 20.0 Å². The van der Waals surface area contributed by atoms with E-state index in [2.05, 4.69) is 19.7 Å². The van der Waals surface area contributed by atoms with Gasteiger partial charge < -0.3 is 4.74 Å². The molecule has 0 unspecified atom stereocenters. The van der Waals surface area contributed by atoms with Crippen molar-refractivity contribution in [2.24, 2.45) is 0 Å². The van der Waals surface area contributed by atoms with Gasteiger partial charge in [-0.05, 0) is 48.0 Å². The van der Waals surface area contributed by atoms with Crippen molar-refractivity contribution in [1.82, 2.24) is 0 Å². The first-order valence-corrected chi connectivity index (χ1v) is 7.83. The van der Waals surface area contributed by atoms with E-state index in [9.17, 15) is 4.79 Å². The summed E-state index contributed by atoms with van der Waals surface area (Å²) in [6, 6.07) is 6.72. The fraction of sp³-hybridized carbons (Fsp3) is 0.154. The molecule has 17 heavy (non-hydrogen) atoms. The summed E-state index contributed by atoms with van der Waals surface area (Å²) < 4.78 is 5.86. The van der Waals surface area contributed by atoms with Crippen molar-refractivity contribution in [2.45, 2.75) is 11.8 Å². The number of hydrogen-bond donors (Lipinski definition) is 0. The van der Waals surface area contributed by atoms with E-state index >= 15 is 0 Å². The van der Waals surface area contributed by atoms with E-state index in [-0.39, 0.29) is 0 Å². The number of halogens is 1. The summed E-state index contributed by atoms with van der Waals surface area (Å²) in [6.07, 6.45) is 3.54. The Balaban J connectivity index is 2.91. The van der Waals surface area contributed by atoms with E-state index in [0.717, 1.165) is 0 Å². The van der Waals surface area contributed by atoms with Crippen LogP contribution in [0.2, 0.25) is 6.55 Å². The molecule has 0 spiro atoms. The molecule has 0 fully saturated rings. The summed E-state index contributed by atoms with van der Waals surface area (Å²) in [7, 11) is -0.499. The predicted octanol–water partition coefficient (Wildman–Crippen LogP) is 2.73. The average molecular weight is 267 g/mol. The summed E-state index contributed by atoms with van der Waals surface area (Å²) in [4.78, 5) is 10.9. The molecule has 0 bridgehead atoms. The summed E-state index contributed by atoms with van der Waals surface area (Å²) in [5, 5.41) is -0.910. The quantitative estimate of drug-likeness (QED) is 0.450. The maximum absolute atomic E-state index is 10.9. The van der Waals surface area contributed by atoms with Crippen LogP contribution in [0.3, 0.4) is 0 Å². The molecular formula is C13H15ClO2Si. The third-order valence-corrected chi connectivity index (χ3v) is 4.68. The van der Waals surface area contributed by atoms with Gasteiger partial charge in [0, 0.05) is 5.56 Å². The van der Waals surface area contributed by atoms with Crippen LogP contribution in [-0.4, -0.2) is 20.0 Å². The molecule has 1 rings (SSSR count). The Hall–Kier alpha value is -1.32. The third kappa shape index (κ3) is 3.31. The number of carbonyl (C=O) groups excluding carboxylic acids is 1. The Labute approximate surface area is 109 Å².